The number of ether oxygens (including phenoxy) is 1. The molecule has 0 saturated heterocycles. The fourth-order valence-electron chi connectivity index (χ4n) is 3.29. The molecule has 6 heteroatoms. The predicted octanol–water partition coefficient (Wildman–Crippen LogP) is 2.20. The van der Waals surface area contributed by atoms with Gasteiger partial charge in [-0.15, -0.1) is 0 Å². The Balaban J connectivity index is 2.06. The summed E-state index contributed by atoms with van der Waals surface area (Å²) in [5.41, 5.74) is 6.51. The average molecular weight is 359 g/mol. The number of carbonyl (C=O) groups is 1. The van der Waals surface area contributed by atoms with Gasteiger partial charge < -0.3 is 10.5 Å². The number of hydrogen-bond acceptors (Lipinski definition) is 5. The Labute approximate surface area is 147 Å². The van der Waals surface area contributed by atoms with E-state index in [1.165, 1.54) is 12.1 Å². The predicted molar refractivity (Wildman–Crippen MR) is 94.9 cm³/mol. The standard InChI is InChI=1S/C19H21NO4S/c1-3-24-18(21)19(20)16(14-11-9-13(2)10-12-14)17(19)25(22,23)15-7-5-4-6-8-15/h4-12,16-17H,3,20H2,1-2H3/t16-,17+,19-/m1/s1. The number of nitrogens with two attached hydrogens (primary N) is 1. The van der Waals surface area contributed by atoms with Crippen LogP contribution in [-0.4, -0.2) is 31.8 Å². The van der Waals surface area contributed by atoms with Crippen molar-refractivity contribution in [3.8, 4) is 0 Å². The normalized spacial score (nSPS) is 25.4. The quantitative estimate of drug-likeness (QED) is 0.827. The van der Waals surface area contributed by atoms with E-state index in [1.807, 2.05) is 31.2 Å². The Morgan fingerprint density at radius 2 is 1.72 bits per heavy atom. The molecule has 0 radical (unpaired) electrons. The summed E-state index contributed by atoms with van der Waals surface area (Å²) in [5, 5.41) is -1.04. The maximum absolute atomic E-state index is 13.1. The van der Waals surface area contributed by atoms with Crippen LogP contribution in [0.4, 0.5) is 0 Å². The van der Waals surface area contributed by atoms with Crippen molar-refractivity contribution in [2.75, 3.05) is 6.61 Å². The minimum absolute atomic E-state index is 0.149. The van der Waals surface area contributed by atoms with E-state index in [2.05, 4.69) is 0 Å². The van der Waals surface area contributed by atoms with Crippen LogP contribution in [0.15, 0.2) is 59.5 Å². The first-order valence-electron chi connectivity index (χ1n) is 8.15. The highest BCUT2D eigenvalue weighted by molar-refractivity contribution is 7.92. The van der Waals surface area contributed by atoms with E-state index < -0.39 is 32.5 Å². The largest absolute Gasteiger partial charge is 0.465 e. The molecular weight excluding hydrogens is 338 g/mol. The van der Waals surface area contributed by atoms with Crippen LogP contribution in [0.25, 0.3) is 0 Å². The summed E-state index contributed by atoms with van der Waals surface area (Å²) >= 11 is 0. The number of rotatable bonds is 5. The topological polar surface area (TPSA) is 86.5 Å². The van der Waals surface area contributed by atoms with Gasteiger partial charge in [0.1, 0.15) is 10.8 Å². The van der Waals surface area contributed by atoms with Gasteiger partial charge in [0, 0.05) is 5.92 Å². The van der Waals surface area contributed by atoms with Gasteiger partial charge in [-0.2, -0.15) is 0 Å². The summed E-state index contributed by atoms with van der Waals surface area (Å²) in [5.74, 6) is -1.30. The molecule has 132 valence electrons. The third kappa shape index (κ3) is 2.85. The molecule has 2 aromatic carbocycles. The Morgan fingerprint density at radius 3 is 2.28 bits per heavy atom. The van der Waals surface area contributed by atoms with E-state index in [-0.39, 0.29) is 11.5 Å². The molecule has 0 aliphatic heterocycles. The van der Waals surface area contributed by atoms with Gasteiger partial charge in [0.25, 0.3) is 0 Å². The zero-order valence-electron chi connectivity index (χ0n) is 14.2. The molecule has 25 heavy (non-hydrogen) atoms. The molecule has 1 saturated carbocycles. The Bertz CT molecular complexity index is 877. The second-order valence-electron chi connectivity index (χ2n) is 6.32. The van der Waals surface area contributed by atoms with Gasteiger partial charge in [0.05, 0.1) is 11.5 Å². The third-order valence-electron chi connectivity index (χ3n) is 4.65. The Morgan fingerprint density at radius 1 is 1.12 bits per heavy atom. The van der Waals surface area contributed by atoms with Gasteiger partial charge >= 0.3 is 5.97 Å². The van der Waals surface area contributed by atoms with Gasteiger partial charge in [0.15, 0.2) is 9.84 Å². The van der Waals surface area contributed by atoms with Crippen LogP contribution in [0.2, 0.25) is 0 Å². The number of sulfone groups is 1. The van der Waals surface area contributed by atoms with E-state index in [9.17, 15) is 13.2 Å². The molecule has 3 atom stereocenters. The molecule has 1 fully saturated rings. The van der Waals surface area contributed by atoms with Crippen molar-refractivity contribution in [3.63, 3.8) is 0 Å². The smallest absolute Gasteiger partial charge is 0.328 e. The Hall–Kier alpha value is -2.18. The first-order valence-corrected chi connectivity index (χ1v) is 9.69. The van der Waals surface area contributed by atoms with Gasteiger partial charge in [0.2, 0.25) is 0 Å². The van der Waals surface area contributed by atoms with Crippen molar-refractivity contribution >= 4 is 15.8 Å². The van der Waals surface area contributed by atoms with Gasteiger partial charge in [-0.1, -0.05) is 48.0 Å². The first-order chi connectivity index (χ1) is 11.8. The number of carbonyl (C=O) groups excluding carboxylic acids is 1. The lowest BCUT2D eigenvalue weighted by Gasteiger charge is -2.11. The molecule has 1 aliphatic carbocycles. The summed E-state index contributed by atoms with van der Waals surface area (Å²) in [6, 6.07) is 15.5. The molecule has 1 aliphatic rings. The van der Waals surface area contributed by atoms with Crippen LogP contribution in [0.3, 0.4) is 0 Å². The molecule has 0 aromatic heterocycles. The second kappa shape index (κ2) is 6.28. The van der Waals surface area contributed by atoms with Crippen molar-refractivity contribution in [2.45, 2.75) is 35.4 Å². The number of esters is 1. The van der Waals surface area contributed by atoms with Crippen LogP contribution >= 0.6 is 0 Å². The second-order valence-corrected chi connectivity index (χ2v) is 8.39. The summed E-state index contributed by atoms with van der Waals surface area (Å²) in [6.07, 6.45) is 0. The van der Waals surface area contributed by atoms with E-state index >= 15 is 0 Å². The van der Waals surface area contributed by atoms with Crippen LogP contribution in [0, 0.1) is 6.92 Å². The van der Waals surface area contributed by atoms with Gasteiger partial charge in [-0.05, 0) is 31.5 Å². The van der Waals surface area contributed by atoms with Crippen molar-refractivity contribution < 1.29 is 17.9 Å². The summed E-state index contributed by atoms with van der Waals surface area (Å²) in [6.45, 7) is 3.76. The van der Waals surface area contributed by atoms with Crippen molar-refractivity contribution in [1.29, 1.82) is 0 Å². The fraction of sp³-hybridized carbons (Fsp3) is 0.316. The molecule has 0 unspecified atom stereocenters. The van der Waals surface area contributed by atoms with Crippen molar-refractivity contribution in [3.05, 3.63) is 65.7 Å². The van der Waals surface area contributed by atoms with Crippen LogP contribution in [0.5, 0.6) is 0 Å². The molecule has 0 spiro atoms. The summed E-state index contributed by atoms with van der Waals surface area (Å²) in [4.78, 5) is 12.6. The molecule has 0 bridgehead atoms. The SMILES string of the molecule is CCOC(=O)[C@@]1(N)[C@H](c2ccc(C)cc2)[C@@H]1S(=O)(=O)c1ccccc1. The molecule has 5 nitrogen and oxygen atoms in total. The average Bonchev–Trinajstić information content (AvgIpc) is 3.25. The summed E-state index contributed by atoms with van der Waals surface area (Å²) in [7, 11) is -3.77. The molecule has 3 rings (SSSR count). The minimum Gasteiger partial charge on any atom is -0.465 e. The van der Waals surface area contributed by atoms with E-state index in [0.29, 0.717) is 0 Å². The molecule has 0 amide bonds. The highest BCUT2D eigenvalue weighted by Gasteiger charge is 2.74. The fourth-order valence-corrected chi connectivity index (χ4v) is 5.54. The van der Waals surface area contributed by atoms with Crippen molar-refractivity contribution in [2.24, 2.45) is 5.73 Å². The maximum atomic E-state index is 13.1. The zero-order chi connectivity index (χ0) is 18.2. The Kier molecular flexibility index (Phi) is 4.43. The summed E-state index contributed by atoms with van der Waals surface area (Å²) < 4.78 is 31.2. The number of hydrogen-bond donors (Lipinski definition) is 1. The molecule has 2 N–H and O–H groups in total. The maximum Gasteiger partial charge on any atom is 0.328 e. The van der Waals surface area contributed by atoms with Crippen molar-refractivity contribution in [1.82, 2.24) is 0 Å². The van der Waals surface area contributed by atoms with Crippen LogP contribution < -0.4 is 5.73 Å². The lowest BCUT2D eigenvalue weighted by atomic mass is 10.1. The van der Waals surface area contributed by atoms with E-state index in [1.54, 1.807) is 25.1 Å². The monoisotopic (exact) mass is 359 g/mol. The zero-order valence-corrected chi connectivity index (χ0v) is 15.0. The lowest BCUT2D eigenvalue weighted by molar-refractivity contribution is -0.145. The third-order valence-corrected chi connectivity index (χ3v) is 6.91. The van der Waals surface area contributed by atoms with Crippen LogP contribution in [-0.2, 0) is 19.4 Å². The van der Waals surface area contributed by atoms with Gasteiger partial charge in [-0.25, -0.2) is 13.2 Å². The first kappa shape index (κ1) is 17.6. The highest BCUT2D eigenvalue weighted by atomic mass is 32.2. The molecule has 2 aromatic rings. The highest BCUT2D eigenvalue weighted by Crippen LogP contribution is 2.56. The molecular formula is C19H21NO4S. The van der Waals surface area contributed by atoms with Crippen LogP contribution in [0.1, 0.15) is 24.0 Å². The number of aryl methyl sites for hydroxylation is 1. The molecule has 0 heterocycles. The minimum atomic E-state index is -3.77. The van der Waals surface area contributed by atoms with E-state index in [0.717, 1.165) is 11.1 Å². The van der Waals surface area contributed by atoms with E-state index in [4.69, 9.17) is 10.5 Å². The number of benzene rings is 2. The van der Waals surface area contributed by atoms with Gasteiger partial charge in [-0.3, -0.25) is 0 Å². The lowest BCUT2D eigenvalue weighted by Crippen LogP contribution is -2.41.